The van der Waals surface area contributed by atoms with Crippen molar-refractivity contribution >= 4 is 23.2 Å². The first-order valence-electron chi connectivity index (χ1n) is 10.0. The molecule has 2 saturated heterocycles. The summed E-state index contributed by atoms with van der Waals surface area (Å²) in [5.74, 6) is 1.02. The molecule has 3 heterocycles. The molecule has 2 amide bonds. The largest absolute Gasteiger partial charge is 0.326 e. The molecule has 2 aromatic carbocycles. The summed E-state index contributed by atoms with van der Waals surface area (Å²) in [7, 11) is 0. The zero-order valence-electron chi connectivity index (χ0n) is 15.9. The van der Waals surface area contributed by atoms with E-state index in [1.54, 1.807) is 0 Å². The van der Waals surface area contributed by atoms with E-state index in [2.05, 4.69) is 29.2 Å². The highest BCUT2D eigenvalue weighted by molar-refractivity contribution is 6.10. The Balaban J connectivity index is 1.39. The number of nitrogens with two attached hydrogens (primary N) is 1. The second-order valence-electron chi connectivity index (χ2n) is 7.70. The Morgan fingerprint density at radius 1 is 0.929 bits per heavy atom. The highest BCUT2D eigenvalue weighted by atomic mass is 16.2. The van der Waals surface area contributed by atoms with E-state index >= 15 is 0 Å². The van der Waals surface area contributed by atoms with Crippen LogP contribution in [-0.2, 0) is 0 Å². The number of aliphatic imine (C=N–C) groups is 1. The predicted octanol–water partition coefficient (Wildman–Crippen LogP) is 2.69. The molecule has 0 unspecified atom stereocenters. The molecule has 0 aromatic heterocycles. The maximum Gasteiger partial charge on any atom is 0.324 e. The summed E-state index contributed by atoms with van der Waals surface area (Å²) >= 11 is 0. The molecule has 144 valence electrons. The first-order chi connectivity index (χ1) is 13.7. The maximum atomic E-state index is 12.7. The van der Waals surface area contributed by atoms with Gasteiger partial charge in [0.15, 0.2) is 0 Å². The lowest BCUT2D eigenvalue weighted by molar-refractivity contribution is 0.218. The van der Waals surface area contributed by atoms with Crippen molar-refractivity contribution in [2.24, 2.45) is 10.7 Å². The quantitative estimate of drug-likeness (QED) is 0.897. The Morgan fingerprint density at radius 2 is 1.64 bits per heavy atom. The second-order valence-corrected chi connectivity index (χ2v) is 7.70. The van der Waals surface area contributed by atoms with E-state index in [1.165, 1.54) is 0 Å². The van der Waals surface area contributed by atoms with Crippen molar-refractivity contribution in [1.29, 1.82) is 0 Å². The van der Waals surface area contributed by atoms with Gasteiger partial charge < -0.3 is 15.5 Å². The van der Waals surface area contributed by atoms with Crippen LogP contribution in [0, 0.1) is 0 Å². The van der Waals surface area contributed by atoms with E-state index in [9.17, 15) is 4.79 Å². The minimum Gasteiger partial charge on any atom is -0.326 e. The van der Waals surface area contributed by atoms with Crippen LogP contribution in [0.2, 0.25) is 0 Å². The monoisotopic (exact) mass is 375 g/mol. The van der Waals surface area contributed by atoms with Crippen LogP contribution in [0.25, 0.3) is 0 Å². The Morgan fingerprint density at radius 3 is 2.36 bits per heavy atom. The van der Waals surface area contributed by atoms with Gasteiger partial charge in [-0.15, -0.1) is 0 Å². The topological polar surface area (TPSA) is 65.2 Å². The number of amides is 2. The summed E-state index contributed by atoms with van der Waals surface area (Å²) < 4.78 is 0. The molecule has 0 bridgehead atoms. The maximum absolute atomic E-state index is 12.7. The van der Waals surface area contributed by atoms with Crippen LogP contribution >= 0.6 is 0 Å². The number of anilines is 2. The van der Waals surface area contributed by atoms with Gasteiger partial charge >= 0.3 is 6.03 Å². The van der Waals surface area contributed by atoms with Gasteiger partial charge in [0, 0.05) is 49.2 Å². The fraction of sp³-hybridized carbons (Fsp3) is 0.364. The van der Waals surface area contributed by atoms with E-state index in [4.69, 9.17) is 10.7 Å². The van der Waals surface area contributed by atoms with Crippen molar-refractivity contribution in [3.8, 4) is 0 Å². The third-order valence-corrected chi connectivity index (χ3v) is 6.01. The number of carbonyl (C=O) groups excluding carboxylic acids is 1. The number of benzene rings is 2. The van der Waals surface area contributed by atoms with E-state index in [0.717, 1.165) is 55.2 Å². The average molecular weight is 375 g/mol. The number of fused-ring (bicyclic) bond motifs is 1. The van der Waals surface area contributed by atoms with Gasteiger partial charge in [0.2, 0.25) is 0 Å². The van der Waals surface area contributed by atoms with E-state index in [-0.39, 0.29) is 18.1 Å². The van der Waals surface area contributed by atoms with Gasteiger partial charge in [-0.1, -0.05) is 30.3 Å². The Labute approximate surface area is 165 Å². The van der Waals surface area contributed by atoms with Gasteiger partial charge in [-0.3, -0.25) is 9.89 Å². The first-order valence-corrected chi connectivity index (χ1v) is 10.0. The lowest BCUT2D eigenvalue weighted by Gasteiger charge is -2.30. The standard InChI is InChI=1S/C22H25N5O/c23-19-11-14-26-20(19)15-27(22(26)28)18-9-7-17(8-10-18)25-13-4-12-24-21(25)16-5-2-1-3-6-16/h1-3,5-10,19-20H,4,11-15,23H2/t19-,20-/m1/s1. The molecule has 6 nitrogen and oxygen atoms in total. The van der Waals surface area contributed by atoms with E-state index < -0.39 is 0 Å². The van der Waals surface area contributed by atoms with Gasteiger partial charge in [0.05, 0.1) is 6.04 Å². The van der Waals surface area contributed by atoms with Crippen LogP contribution in [0.1, 0.15) is 18.4 Å². The lowest BCUT2D eigenvalue weighted by Crippen LogP contribution is -2.37. The van der Waals surface area contributed by atoms with Crippen molar-refractivity contribution in [1.82, 2.24) is 4.90 Å². The van der Waals surface area contributed by atoms with Crippen molar-refractivity contribution in [3.63, 3.8) is 0 Å². The third kappa shape index (κ3) is 2.85. The Bertz CT molecular complexity index is 895. The smallest absolute Gasteiger partial charge is 0.324 e. The number of urea groups is 1. The van der Waals surface area contributed by atoms with Gasteiger partial charge in [-0.2, -0.15) is 0 Å². The SMILES string of the molecule is N[C@@H]1CCN2C(=O)N(c3ccc(N4CCCN=C4c4ccccc4)cc3)C[C@H]12. The van der Waals surface area contributed by atoms with Crippen LogP contribution < -0.4 is 15.5 Å². The summed E-state index contributed by atoms with van der Waals surface area (Å²) in [6.07, 6.45) is 1.94. The summed E-state index contributed by atoms with van der Waals surface area (Å²) in [6.45, 7) is 3.25. The molecule has 5 rings (SSSR count). The summed E-state index contributed by atoms with van der Waals surface area (Å²) in [6, 6.07) is 18.9. The molecule has 2 atom stereocenters. The minimum absolute atomic E-state index is 0.0789. The number of hydrogen-bond donors (Lipinski definition) is 1. The van der Waals surface area contributed by atoms with Crippen LogP contribution in [0.3, 0.4) is 0 Å². The zero-order chi connectivity index (χ0) is 19.1. The van der Waals surface area contributed by atoms with Crippen LogP contribution in [-0.4, -0.2) is 55.0 Å². The number of nitrogens with zero attached hydrogens (tertiary/aromatic N) is 4. The molecule has 3 aliphatic heterocycles. The molecule has 3 aliphatic rings. The fourth-order valence-corrected chi connectivity index (χ4v) is 4.49. The summed E-state index contributed by atoms with van der Waals surface area (Å²) in [5, 5.41) is 0. The van der Waals surface area contributed by atoms with Crippen molar-refractivity contribution in [2.75, 3.05) is 36.0 Å². The Kier molecular flexibility index (Phi) is 4.28. The highest BCUT2D eigenvalue weighted by Crippen LogP contribution is 2.31. The number of hydrogen-bond acceptors (Lipinski definition) is 4. The first kappa shape index (κ1) is 17.3. The van der Waals surface area contributed by atoms with E-state index in [1.807, 2.05) is 40.1 Å². The molecule has 28 heavy (non-hydrogen) atoms. The molecule has 6 heteroatoms. The molecule has 2 N–H and O–H groups in total. The lowest BCUT2D eigenvalue weighted by atomic mass is 10.1. The molecule has 0 saturated carbocycles. The highest BCUT2D eigenvalue weighted by Gasteiger charge is 2.44. The molecular weight excluding hydrogens is 350 g/mol. The molecule has 0 spiro atoms. The third-order valence-electron chi connectivity index (χ3n) is 6.01. The molecule has 0 radical (unpaired) electrons. The summed E-state index contributed by atoms with van der Waals surface area (Å²) in [4.78, 5) is 23.5. The van der Waals surface area contributed by atoms with Crippen molar-refractivity contribution < 1.29 is 4.79 Å². The second kappa shape index (κ2) is 6.95. The molecule has 0 aliphatic carbocycles. The van der Waals surface area contributed by atoms with Crippen LogP contribution in [0.5, 0.6) is 0 Å². The zero-order valence-corrected chi connectivity index (χ0v) is 15.9. The minimum atomic E-state index is 0.0789. The van der Waals surface area contributed by atoms with Crippen LogP contribution in [0.15, 0.2) is 59.6 Å². The molecular formula is C22H25N5O. The summed E-state index contributed by atoms with van der Waals surface area (Å²) in [5.41, 5.74) is 9.35. The Hall–Kier alpha value is -2.86. The normalized spacial score (nSPS) is 24.5. The van der Waals surface area contributed by atoms with Crippen LogP contribution in [0.4, 0.5) is 16.2 Å². The van der Waals surface area contributed by atoms with Crippen molar-refractivity contribution in [3.05, 3.63) is 60.2 Å². The van der Waals surface area contributed by atoms with E-state index in [0.29, 0.717) is 6.54 Å². The predicted molar refractivity (Wildman–Crippen MR) is 112 cm³/mol. The van der Waals surface area contributed by atoms with Gasteiger partial charge in [0.1, 0.15) is 5.84 Å². The number of rotatable bonds is 3. The van der Waals surface area contributed by atoms with Gasteiger partial charge in [-0.05, 0) is 37.1 Å². The average Bonchev–Trinajstić information content (AvgIpc) is 3.29. The van der Waals surface area contributed by atoms with Crippen molar-refractivity contribution in [2.45, 2.75) is 24.9 Å². The molecule has 2 aromatic rings. The number of carbonyl (C=O) groups is 1. The number of amidine groups is 1. The van der Waals surface area contributed by atoms with Gasteiger partial charge in [-0.25, -0.2) is 4.79 Å². The fourth-order valence-electron chi connectivity index (χ4n) is 4.49. The van der Waals surface area contributed by atoms with Gasteiger partial charge in [0.25, 0.3) is 0 Å². The molecule has 2 fully saturated rings.